The Kier molecular flexibility index (Phi) is 6.31. The van der Waals surface area contributed by atoms with E-state index in [0.29, 0.717) is 22.0 Å². The zero-order valence-electron chi connectivity index (χ0n) is 15.3. The summed E-state index contributed by atoms with van der Waals surface area (Å²) in [5.74, 6) is -0.249. The molecule has 0 fully saturated rings. The molecule has 0 radical (unpaired) electrons. The van der Waals surface area contributed by atoms with Gasteiger partial charge in [-0.3, -0.25) is 9.10 Å². The second-order valence-electron chi connectivity index (χ2n) is 6.32. The van der Waals surface area contributed by atoms with Gasteiger partial charge in [-0.1, -0.05) is 23.7 Å². The van der Waals surface area contributed by atoms with Crippen molar-refractivity contribution in [3.8, 4) is 0 Å². The standard InChI is InChI=1S/C19H23ClN2O3S/c1-13-8-9-16(12-14(13)2)21-19(23)10-11-22(26(4,24)25)18-7-5-6-17(20)15(18)3/h5-9,12H,10-11H2,1-4H3,(H,21,23). The van der Waals surface area contributed by atoms with E-state index in [-0.39, 0.29) is 18.9 Å². The van der Waals surface area contributed by atoms with Crippen LogP contribution in [0.4, 0.5) is 11.4 Å². The highest BCUT2D eigenvalue weighted by Gasteiger charge is 2.21. The molecule has 1 amide bonds. The second-order valence-corrected chi connectivity index (χ2v) is 8.63. The van der Waals surface area contributed by atoms with Crippen LogP contribution in [0, 0.1) is 20.8 Å². The topological polar surface area (TPSA) is 66.5 Å². The predicted molar refractivity (Wildman–Crippen MR) is 108 cm³/mol. The molecule has 2 aromatic rings. The first kappa shape index (κ1) is 20.3. The number of nitrogens with zero attached hydrogens (tertiary/aromatic N) is 1. The van der Waals surface area contributed by atoms with Gasteiger partial charge in [0.15, 0.2) is 0 Å². The molecule has 0 saturated carbocycles. The summed E-state index contributed by atoms with van der Waals surface area (Å²) in [6.45, 7) is 5.76. The minimum Gasteiger partial charge on any atom is -0.326 e. The molecule has 0 aliphatic carbocycles. The minimum atomic E-state index is -3.54. The summed E-state index contributed by atoms with van der Waals surface area (Å²) < 4.78 is 25.6. The van der Waals surface area contributed by atoms with E-state index in [1.54, 1.807) is 25.1 Å². The zero-order chi connectivity index (χ0) is 19.5. The van der Waals surface area contributed by atoms with Gasteiger partial charge in [0.1, 0.15) is 0 Å². The fourth-order valence-corrected chi connectivity index (χ4v) is 3.72. The van der Waals surface area contributed by atoms with Crippen LogP contribution in [0.3, 0.4) is 0 Å². The molecule has 0 aromatic heterocycles. The van der Waals surface area contributed by atoms with Crippen molar-refractivity contribution >= 4 is 38.9 Å². The van der Waals surface area contributed by atoms with Crippen molar-refractivity contribution in [3.05, 3.63) is 58.1 Å². The third kappa shape index (κ3) is 4.99. The summed E-state index contributed by atoms with van der Waals surface area (Å²) in [7, 11) is -3.54. The lowest BCUT2D eigenvalue weighted by atomic mass is 10.1. The monoisotopic (exact) mass is 394 g/mol. The van der Waals surface area contributed by atoms with Crippen LogP contribution in [0.2, 0.25) is 5.02 Å². The normalized spacial score (nSPS) is 11.3. The number of benzene rings is 2. The molecule has 0 spiro atoms. The summed E-state index contributed by atoms with van der Waals surface area (Å²) >= 11 is 6.10. The molecular formula is C19H23ClN2O3S. The average molecular weight is 395 g/mol. The van der Waals surface area contributed by atoms with Crippen LogP contribution in [0.15, 0.2) is 36.4 Å². The van der Waals surface area contributed by atoms with Gasteiger partial charge in [-0.05, 0) is 61.7 Å². The SMILES string of the molecule is Cc1ccc(NC(=O)CCN(c2cccc(Cl)c2C)S(C)(=O)=O)cc1C. The summed E-state index contributed by atoms with van der Waals surface area (Å²) in [6.07, 6.45) is 1.15. The highest BCUT2D eigenvalue weighted by atomic mass is 35.5. The van der Waals surface area contributed by atoms with Crippen LogP contribution in [-0.2, 0) is 14.8 Å². The van der Waals surface area contributed by atoms with Gasteiger partial charge in [0, 0.05) is 23.7 Å². The maximum Gasteiger partial charge on any atom is 0.232 e. The molecule has 7 heteroatoms. The Morgan fingerprint density at radius 3 is 2.42 bits per heavy atom. The van der Waals surface area contributed by atoms with Gasteiger partial charge in [0.2, 0.25) is 15.9 Å². The number of anilines is 2. The van der Waals surface area contributed by atoms with Crippen molar-refractivity contribution in [3.63, 3.8) is 0 Å². The molecule has 140 valence electrons. The zero-order valence-corrected chi connectivity index (χ0v) is 16.9. The molecule has 0 heterocycles. The van der Waals surface area contributed by atoms with E-state index >= 15 is 0 Å². The molecule has 26 heavy (non-hydrogen) atoms. The molecular weight excluding hydrogens is 372 g/mol. The number of rotatable bonds is 6. The Balaban J connectivity index is 2.13. The molecule has 2 rings (SSSR count). The highest BCUT2D eigenvalue weighted by molar-refractivity contribution is 7.92. The van der Waals surface area contributed by atoms with Gasteiger partial charge in [-0.15, -0.1) is 0 Å². The summed E-state index contributed by atoms with van der Waals surface area (Å²) in [5.41, 5.74) is 4.06. The van der Waals surface area contributed by atoms with E-state index in [1.807, 2.05) is 32.0 Å². The van der Waals surface area contributed by atoms with E-state index in [4.69, 9.17) is 11.6 Å². The van der Waals surface area contributed by atoms with Gasteiger partial charge in [-0.25, -0.2) is 8.42 Å². The molecule has 1 N–H and O–H groups in total. The average Bonchev–Trinajstić information content (AvgIpc) is 2.54. The third-order valence-corrected chi connectivity index (χ3v) is 5.83. The predicted octanol–water partition coefficient (Wildman–Crippen LogP) is 4.06. The quantitative estimate of drug-likeness (QED) is 0.803. The van der Waals surface area contributed by atoms with Crippen molar-refractivity contribution in [2.24, 2.45) is 0 Å². The number of nitrogens with one attached hydrogen (secondary N) is 1. The summed E-state index contributed by atoms with van der Waals surface area (Å²) in [4.78, 5) is 12.3. The lowest BCUT2D eigenvalue weighted by Crippen LogP contribution is -2.33. The number of aryl methyl sites for hydroxylation is 2. The molecule has 2 aromatic carbocycles. The highest BCUT2D eigenvalue weighted by Crippen LogP contribution is 2.28. The van der Waals surface area contributed by atoms with Crippen LogP contribution < -0.4 is 9.62 Å². The fourth-order valence-electron chi connectivity index (χ4n) is 2.58. The van der Waals surface area contributed by atoms with Crippen LogP contribution in [0.5, 0.6) is 0 Å². The number of halogens is 1. The number of hydrogen-bond acceptors (Lipinski definition) is 3. The van der Waals surface area contributed by atoms with E-state index in [2.05, 4.69) is 5.32 Å². The van der Waals surface area contributed by atoms with Crippen molar-refractivity contribution in [2.75, 3.05) is 22.4 Å². The number of hydrogen-bond donors (Lipinski definition) is 1. The number of carbonyl (C=O) groups excluding carboxylic acids is 1. The molecule has 0 unspecified atom stereocenters. The Hall–Kier alpha value is -2.05. The van der Waals surface area contributed by atoms with E-state index < -0.39 is 10.0 Å². The van der Waals surface area contributed by atoms with Crippen molar-refractivity contribution in [2.45, 2.75) is 27.2 Å². The number of amides is 1. The number of carbonyl (C=O) groups is 1. The minimum absolute atomic E-state index is 0.0337. The van der Waals surface area contributed by atoms with Gasteiger partial charge in [0.25, 0.3) is 0 Å². The first-order valence-corrected chi connectivity index (χ1v) is 10.4. The largest absolute Gasteiger partial charge is 0.326 e. The second kappa shape index (κ2) is 8.10. The first-order chi connectivity index (χ1) is 12.1. The first-order valence-electron chi connectivity index (χ1n) is 8.19. The van der Waals surface area contributed by atoms with Crippen molar-refractivity contribution < 1.29 is 13.2 Å². The Morgan fingerprint density at radius 1 is 1.12 bits per heavy atom. The maximum atomic E-state index is 12.3. The molecule has 5 nitrogen and oxygen atoms in total. The maximum absolute atomic E-state index is 12.3. The molecule has 0 saturated heterocycles. The molecule has 0 bridgehead atoms. The lowest BCUT2D eigenvalue weighted by molar-refractivity contribution is -0.116. The van der Waals surface area contributed by atoms with Gasteiger partial charge in [-0.2, -0.15) is 0 Å². The Labute approximate surface area is 160 Å². The lowest BCUT2D eigenvalue weighted by Gasteiger charge is -2.24. The van der Waals surface area contributed by atoms with E-state index in [9.17, 15) is 13.2 Å². The smallest absolute Gasteiger partial charge is 0.232 e. The molecule has 0 aliphatic heterocycles. The Morgan fingerprint density at radius 2 is 1.81 bits per heavy atom. The van der Waals surface area contributed by atoms with Gasteiger partial charge in [0.05, 0.1) is 11.9 Å². The third-order valence-electron chi connectivity index (χ3n) is 4.24. The van der Waals surface area contributed by atoms with Gasteiger partial charge < -0.3 is 5.32 Å². The number of sulfonamides is 1. The van der Waals surface area contributed by atoms with E-state index in [1.165, 1.54) is 4.31 Å². The fraction of sp³-hybridized carbons (Fsp3) is 0.316. The molecule has 0 aliphatic rings. The summed E-state index contributed by atoms with van der Waals surface area (Å²) in [5, 5.41) is 3.29. The van der Waals surface area contributed by atoms with Crippen molar-refractivity contribution in [1.82, 2.24) is 0 Å². The van der Waals surface area contributed by atoms with Crippen molar-refractivity contribution in [1.29, 1.82) is 0 Å². The van der Waals surface area contributed by atoms with E-state index in [0.717, 1.165) is 17.4 Å². The van der Waals surface area contributed by atoms with Gasteiger partial charge >= 0.3 is 0 Å². The molecule has 0 atom stereocenters. The van der Waals surface area contributed by atoms with Crippen LogP contribution in [0.1, 0.15) is 23.1 Å². The van der Waals surface area contributed by atoms with Crippen LogP contribution >= 0.6 is 11.6 Å². The van der Waals surface area contributed by atoms with Crippen LogP contribution in [-0.4, -0.2) is 27.1 Å². The Bertz CT molecular complexity index is 926. The van der Waals surface area contributed by atoms with Crippen LogP contribution in [0.25, 0.3) is 0 Å². The summed E-state index contributed by atoms with van der Waals surface area (Å²) in [6, 6.07) is 10.7.